The fourth-order valence-corrected chi connectivity index (χ4v) is 5.45. The number of sulfonamides is 1. The van der Waals surface area contributed by atoms with Gasteiger partial charge in [-0.25, -0.2) is 13.6 Å². The van der Waals surface area contributed by atoms with Crippen molar-refractivity contribution < 1.29 is 17.9 Å². The Morgan fingerprint density at radius 2 is 1.74 bits per heavy atom. The number of nitrogens with zero attached hydrogens (tertiary/aromatic N) is 1. The second-order valence-corrected chi connectivity index (χ2v) is 9.06. The number of thiophene rings is 2. The molecule has 2 heterocycles. The van der Waals surface area contributed by atoms with Gasteiger partial charge >= 0.3 is 0 Å². The Bertz CT molecular complexity index is 674. The lowest BCUT2D eigenvalue weighted by molar-refractivity contribution is 0.111. The summed E-state index contributed by atoms with van der Waals surface area (Å²) >= 11 is 2.83. The second-order valence-electron chi connectivity index (χ2n) is 4.83. The third-order valence-electron chi connectivity index (χ3n) is 3.13. The van der Waals surface area contributed by atoms with Gasteiger partial charge in [0.15, 0.2) is 0 Å². The van der Waals surface area contributed by atoms with Crippen LogP contribution in [0.2, 0.25) is 0 Å². The van der Waals surface area contributed by atoms with E-state index in [4.69, 9.17) is 14.6 Å². The highest BCUT2D eigenvalue weighted by molar-refractivity contribution is 7.91. The molecule has 0 aromatic carbocycles. The minimum absolute atomic E-state index is 0. The first-order valence-corrected chi connectivity index (χ1v) is 9.87. The highest BCUT2D eigenvalue weighted by Gasteiger charge is 2.15. The Balaban J connectivity index is 0.00000264. The summed E-state index contributed by atoms with van der Waals surface area (Å²) in [6.07, 6.45) is 0. The molecule has 0 amide bonds. The van der Waals surface area contributed by atoms with Crippen LogP contribution in [0.4, 0.5) is 0 Å². The van der Waals surface area contributed by atoms with E-state index in [9.17, 15) is 8.42 Å². The average Bonchev–Trinajstić information content (AvgIpc) is 2.99. The van der Waals surface area contributed by atoms with Gasteiger partial charge in [-0.15, -0.1) is 35.1 Å². The molecule has 0 fully saturated rings. The fraction of sp³-hybridized carbons (Fsp3) is 0.538. The number of fused-ring (bicyclic) bond motifs is 1. The predicted molar refractivity (Wildman–Crippen MR) is 97.4 cm³/mol. The number of primary sulfonamides is 1. The molecule has 10 heteroatoms. The normalized spacial score (nSPS) is 12.0. The highest BCUT2D eigenvalue weighted by atomic mass is 35.5. The summed E-state index contributed by atoms with van der Waals surface area (Å²) in [6.45, 7) is 3.78. The minimum atomic E-state index is -3.61. The summed E-state index contributed by atoms with van der Waals surface area (Å²) in [4.78, 5) is 3.44. The van der Waals surface area contributed by atoms with Crippen molar-refractivity contribution in [3.63, 3.8) is 0 Å². The molecule has 0 aliphatic rings. The third-order valence-corrected chi connectivity index (χ3v) is 6.92. The van der Waals surface area contributed by atoms with Crippen molar-refractivity contribution in [3.05, 3.63) is 17.0 Å². The van der Waals surface area contributed by atoms with Crippen molar-refractivity contribution in [1.82, 2.24) is 4.90 Å². The van der Waals surface area contributed by atoms with Gasteiger partial charge in [-0.1, -0.05) is 0 Å². The maximum Gasteiger partial charge on any atom is 0.247 e. The molecule has 132 valence electrons. The van der Waals surface area contributed by atoms with Gasteiger partial charge in [0.25, 0.3) is 0 Å². The topological polar surface area (TPSA) is 81.9 Å². The Kier molecular flexibility index (Phi) is 8.39. The van der Waals surface area contributed by atoms with Crippen LogP contribution >= 0.6 is 35.1 Å². The van der Waals surface area contributed by atoms with E-state index >= 15 is 0 Å². The maximum atomic E-state index is 11.4. The third kappa shape index (κ3) is 5.95. The molecular formula is C13H21ClN2O4S3. The molecule has 0 bridgehead atoms. The molecule has 0 saturated carbocycles. The Labute approximate surface area is 150 Å². The maximum absolute atomic E-state index is 11.4. The minimum Gasteiger partial charge on any atom is -0.383 e. The summed E-state index contributed by atoms with van der Waals surface area (Å²) in [5.74, 6) is 0. The van der Waals surface area contributed by atoms with Gasteiger partial charge in [-0.2, -0.15) is 0 Å². The fourth-order valence-electron chi connectivity index (χ4n) is 2.02. The van der Waals surface area contributed by atoms with E-state index in [1.807, 2.05) is 6.07 Å². The van der Waals surface area contributed by atoms with Gasteiger partial charge in [-0.3, -0.25) is 4.90 Å². The van der Waals surface area contributed by atoms with E-state index in [1.165, 1.54) is 16.2 Å². The number of halogens is 1. The summed E-state index contributed by atoms with van der Waals surface area (Å²) in [5, 5.41) is 6.10. The summed E-state index contributed by atoms with van der Waals surface area (Å²) in [6, 6.07) is 3.67. The molecule has 2 aromatic heterocycles. The van der Waals surface area contributed by atoms with Crippen molar-refractivity contribution in [2.45, 2.75) is 10.8 Å². The molecule has 23 heavy (non-hydrogen) atoms. The van der Waals surface area contributed by atoms with Crippen molar-refractivity contribution in [2.24, 2.45) is 5.14 Å². The Hall–Kier alpha value is -0.260. The first kappa shape index (κ1) is 20.8. The summed E-state index contributed by atoms with van der Waals surface area (Å²) < 4.78 is 34.2. The molecule has 2 aromatic rings. The van der Waals surface area contributed by atoms with Crippen LogP contribution in [-0.4, -0.2) is 53.8 Å². The molecular weight excluding hydrogens is 380 g/mol. The predicted octanol–water partition coefficient (Wildman–Crippen LogP) is 2.13. The first-order chi connectivity index (χ1) is 10.4. The van der Waals surface area contributed by atoms with Crippen LogP contribution in [0.15, 0.2) is 16.3 Å². The SMILES string of the molecule is COCCN(CCOC)Cc1cc2cc(S(N)(=O)=O)sc2s1.Cl. The van der Waals surface area contributed by atoms with Crippen LogP contribution in [0, 0.1) is 0 Å². The highest BCUT2D eigenvalue weighted by Crippen LogP contribution is 2.35. The van der Waals surface area contributed by atoms with E-state index in [0.717, 1.165) is 29.0 Å². The molecule has 0 aliphatic carbocycles. The van der Waals surface area contributed by atoms with Crippen molar-refractivity contribution in [3.8, 4) is 0 Å². The average molecular weight is 401 g/mol. The van der Waals surface area contributed by atoms with Gasteiger partial charge < -0.3 is 9.47 Å². The lowest BCUT2D eigenvalue weighted by atomic mass is 10.3. The molecule has 0 spiro atoms. The number of hydrogen-bond donors (Lipinski definition) is 1. The van der Waals surface area contributed by atoms with Gasteiger partial charge in [0.05, 0.1) is 17.2 Å². The van der Waals surface area contributed by atoms with Crippen LogP contribution < -0.4 is 5.14 Å². The lowest BCUT2D eigenvalue weighted by Gasteiger charge is -2.20. The Morgan fingerprint density at radius 3 is 2.22 bits per heavy atom. The zero-order valence-corrected chi connectivity index (χ0v) is 16.2. The van der Waals surface area contributed by atoms with Crippen LogP contribution in [0.25, 0.3) is 9.40 Å². The van der Waals surface area contributed by atoms with E-state index in [2.05, 4.69) is 4.90 Å². The Morgan fingerprint density at radius 1 is 1.13 bits per heavy atom. The smallest absolute Gasteiger partial charge is 0.247 e. The number of hydrogen-bond acceptors (Lipinski definition) is 7. The molecule has 0 saturated heterocycles. The molecule has 0 aliphatic heterocycles. The monoisotopic (exact) mass is 400 g/mol. The molecule has 2 rings (SSSR count). The van der Waals surface area contributed by atoms with Crippen molar-refractivity contribution in [1.29, 1.82) is 0 Å². The lowest BCUT2D eigenvalue weighted by Crippen LogP contribution is -2.29. The molecule has 0 unspecified atom stereocenters. The second kappa shape index (κ2) is 9.28. The molecule has 0 radical (unpaired) electrons. The first-order valence-electron chi connectivity index (χ1n) is 6.69. The molecule has 0 atom stereocenters. The zero-order valence-electron chi connectivity index (χ0n) is 13.0. The van der Waals surface area contributed by atoms with E-state index < -0.39 is 10.0 Å². The largest absolute Gasteiger partial charge is 0.383 e. The van der Waals surface area contributed by atoms with Crippen LogP contribution in [0.5, 0.6) is 0 Å². The van der Waals surface area contributed by atoms with E-state index in [0.29, 0.717) is 13.2 Å². The standard InChI is InChI=1S/C13H20N2O4S3.ClH/c1-18-5-3-15(4-6-19-2)9-11-7-10-8-12(22(14,16)17)21-13(10)20-11;/h7-8H,3-6,9H2,1-2H3,(H2,14,16,17);1H. The zero-order chi connectivity index (χ0) is 16.2. The van der Waals surface area contributed by atoms with Gasteiger partial charge in [0.1, 0.15) is 4.21 Å². The number of nitrogens with two attached hydrogens (primary N) is 1. The van der Waals surface area contributed by atoms with Gasteiger partial charge in [0.2, 0.25) is 10.0 Å². The number of rotatable bonds is 9. The quantitative estimate of drug-likeness (QED) is 0.697. The van der Waals surface area contributed by atoms with E-state index in [1.54, 1.807) is 31.6 Å². The summed E-state index contributed by atoms with van der Waals surface area (Å²) in [5.41, 5.74) is 0. The molecule has 2 N–H and O–H groups in total. The van der Waals surface area contributed by atoms with Crippen LogP contribution in [0.3, 0.4) is 0 Å². The number of methoxy groups -OCH3 is 2. The van der Waals surface area contributed by atoms with Crippen molar-refractivity contribution in [2.75, 3.05) is 40.5 Å². The van der Waals surface area contributed by atoms with Crippen LogP contribution in [-0.2, 0) is 26.0 Å². The summed E-state index contributed by atoms with van der Waals surface area (Å²) in [7, 11) is -0.243. The van der Waals surface area contributed by atoms with Gasteiger partial charge in [-0.05, 0) is 12.1 Å². The van der Waals surface area contributed by atoms with Crippen LogP contribution in [0.1, 0.15) is 4.88 Å². The van der Waals surface area contributed by atoms with Crippen molar-refractivity contribution >= 4 is 54.5 Å². The van der Waals surface area contributed by atoms with Gasteiger partial charge in [0, 0.05) is 44.1 Å². The van der Waals surface area contributed by atoms with E-state index in [-0.39, 0.29) is 16.6 Å². The number of ether oxygens (including phenoxy) is 2. The molecule has 6 nitrogen and oxygen atoms in total.